The van der Waals surface area contributed by atoms with Crippen molar-refractivity contribution in [3.05, 3.63) is 88.8 Å². The van der Waals surface area contributed by atoms with Gasteiger partial charge < -0.3 is 20.1 Å². The molecule has 0 aliphatic carbocycles. The molecule has 0 bridgehead atoms. The Bertz CT molecular complexity index is 1340. The molecule has 1 aliphatic heterocycles. The Balaban J connectivity index is 0.00000420. The third kappa shape index (κ3) is 7.83. The molecule has 0 saturated carbocycles. The molecule has 39 heavy (non-hydrogen) atoms. The highest BCUT2D eigenvalue weighted by atomic mass is 35.5. The maximum absolute atomic E-state index is 13.2. The van der Waals surface area contributed by atoms with Crippen LogP contribution in [0, 0.1) is 0 Å². The monoisotopic (exact) mass is 583 g/mol. The Morgan fingerprint density at radius 3 is 2.31 bits per heavy atom. The maximum Gasteiger partial charge on any atom is 0.270 e. The van der Waals surface area contributed by atoms with Crippen LogP contribution in [0.2, 0.25) is 0 Å². The number of primary amides is 1. The quantitative estimate of drug-likeness (QED) is 0.215. The van der Waals surface area contributed by atoms with Crippen LogP contribution < -0.4 is 20.1 Å². The third-order valence-electron chi connectivity index (χ3n) is 5.99. The van der Waals surface area contributed by atoms with E-state index in [1.165, 1.54) is 16.7 Å². The summed E-state index contributed by atoms with van der Waals surface area (Å²) in [4.78, 5) is 28.9. The Hall–Kier alpha value is -3.37. The number of nitrogens with zero attached hydrogens (tertiary/aromatic N) is 2. The third-order valence-corrected chi connectivity index (χ3v) is 7.29. The molecule has 0 radical (unpaired) electrons. The molecule has 0 spiro atoms. The molecule has 10 heteroatoms. The van der Waals surface area contributed by atoms with Crippen molar-refractivity contribution in [3.8, 4) is 17.2 Å². The molecule has 7 nitrogen and oxygen atoms in total. The Morgan fingerprint density at radius 1 is 1.00 bits per heavy atom. The van der Waals surface area contributed by atoms with Crippen LogP contribution in [-0.4, -0.2) is 47.3 Å². The van der Waals surface area contributed by atoms with Gasteiger partial charge in [-0.15, -0.1) is 12.4 Å². The number of thiocarbonyl (C=S) groups is 1. The topological polar surface area (TPSA) is 85.1 Å². The fourth-order valence-electron chi connectivity index (χ4n) is 3.85. The van der Waals surface area contributed by atoms with E-state index in [1.54, 1.807) is 36.4 Å². The summed E-state index contributed by atoms with van der Waals surface area (Å²) < 4.78 is 12.1. The number of likely N-dealkylation sites (N-methyl/N-ethyl adjacent to an activating group) is 1. The summed E-state index contributed by atoms with van der Waals surface area (Å²) in [6.07, 6.45) is 1.81. The summed E-state index contributed by atoms with van der Waals surface area (Å²) in [5.41, 5.74) is 7.24. The van der Waals surface area contributed by atoms with Crippen molar-refractivity contribution in [3.63, 3.8) is 0 Å². The van der Waals surface area contributed by atoms with Crippen molar-refractivity contribution in [2.75, 3.05) is 31.1 Å². The van der Waals surface area contributed by atoms with Gasteiger partial charge in [-0.1, -0.05) is 56.0 Å². The SMILES string of the molecule is CCN(CC)CCOc1ccc(N2C(=O)/C(=C/c3ccc(Oc4cccc(C(N)=O)c4)cc3)SC2=S)cc1.Cl. The van der Waals surface area contributed by atoms with E-state index < -0.39 is 5.91 Å². The van der Waals surface area contributed by atoms with Crippen LogP contribution in [0.25, 0.3) is 6.08 Å². The first-order valence-electron chi connectivity index (χ1n) is 12.3. The molecule has 0 aromatic heterocycles. The zero-order chi connectivity index (χ0) is 27.1. The van der Waals surface area contributed by atoms with Crippen molar-refractivity contribution in [1.82, 2.24) is 4.90 Å². The van der Waals surface area contributed by atoms with Gasteiger partial charge in [0.05, 0.1) is 10.6 Å². The Labute approximate surface area is 244 Å². The number of thioether (sulfide) groups is 1. The molecule has 0 atom stereocenters. The predicted octanol–water partition coefficient (Wildman–Crippen LogP) is 6.13. The van der Waals surface area contributed by atoms with E-state index in [9.17, 15) is 9.59 Å². The highest BCUT2D eigenvalue weighted by molar-refractivity contribution is 8.27. The van der Waals surface area contributed by atoms with Crippen molar-refractivity contribution in [2.45, 2.75) is 13.8 Å². The van der Waals surface area contributed by atoms with Crippen molar-refractivity contribution in [1.29, 1.82) is 0 Å². The Kier molecular flexibility index (Phi) is 10.9. The first kappa shape index (κ1) is 30.2. The molecule has 3 aromatic rings. The van der Waals surface area contributed by atoms with Gasteiger partial charge in [-0.25, -0.2) is 0 Å². The van der Waals surface area contributed by atoms with E-state index in [-0.39, 0.29) is 18.3 Å². The lowest BCUT2D eigenvalue weighted by molar-refractivity contribution is -0.113. The number of hydrogen-bond donors (Lipinski definition) is 1. The van der Waals surface area contributed by atoms with E-state index in [0.717, 1.165) is 30.9 Å². The number of carbonyl (C=O) groups excluding carboxylic acids is 2. The van der Waals surface area contributed by atoms with Crippen LogP contribution in [0.1, 0.15) is 29.8 Å². The van der Waals surface area contributed by atoms with Gasteiger partial charge in [0, 0.05) is 12.1 Å². The van der Waals surface area contributed by atoms with E-state index in [2.05, 4.69) is 18.7 Å². The van der Waals surface area contributed by atoms with Gasteiger partial charge in [0.2, 0.25) is 5.91 Å². The van der Waals surface area contributed by atoms with Gasteiger partial charge in [0.1, 0.15) is 23.9 Å². The van der Waals surface area contributed by atoms with Crippen LogP contribution in [0.5, 0.6) is 17.2 Å². The molecular weight excluding hydrogens is 554 g/mol. The normalized spacial score (nSPS) is 14.0. The largest absolute Gasteiger partial charge is 0.492 e. The molecule has 1 saturated heterocycles. The molecule has 1 fully saturated rings. The number of benzene rings is 3. The molecule has 4 rings (SSSR count). The minimum Gasteiger partial charge on any atom is -0.492 e. The van der Waals surface area contributed by atoms with E-state index >= 15 is 0 Å². The second kappa shape index (κ2) is 14.1. The van der Waals surface area contributed by atoms with Crippen LogP contribution in [0.4, 0.5) is 5.69 Å². The number of amides is 2. The lowest BCUT2D eigenvalue weighted by Crippen LogP contribution is -2.28. The summed E-state index contributed by atoms with van der Waals surface area (Å²) >= 11 is 6.78. The Morgan fingerprint density at radius 2 is 1.67 bits per heavy atom. The number of nitrogens with two attached hydrogens (primary N) is 1. The lowest BCUT2D eigenvalue weighted by atomic mass is 10.2. The van der Waals surface area contributed by atoms with Gasteiger partial charge in [-0.05, 0) is 79.3 Å². The maximum atomic E-state index is 13.2. The summed E-state index contributed by atoms with van der Waals surface area (Å²) in [7, 11) is 0. The van der Waals surface area contributed by atoms with Gasteiger partial charge in [-0.2, -0.15) is 0 Å². The second-order valence-corrected chi connectivity index (χ2v) is 10.1. The van der Waals surface area contributed by atoms with Crippen molar-refractivity contribution < 1.29 is 19.1 Å². The van der Waals surface area contributed by atoms with Gasteiger partial charge >= 0.3 is 0 Å². The number of ether oxygens (including phenoxy) is 2. The van der Waals surface area contributed by atoms with E-state index in [4.69, 9.17) is 27.4 Å². The van der Waals surface area contributed by atoms with Crippen LogP contribution in [0.3, 0.4) is 0 Å². The highest BCUT2D eigenvalue weighted by Gasteiger charge is 2.33. The molecular formula is C29H30ClN3O4S2. The zero-order valence-corrected chi connectivity index (χ0v) is 24.1. The number of halogens is 1. The minimum atomic E-state index is -0.515. The number of hydrogen-bond acceptors (Lipinski definition) is 7. The molecule has 0 unspecified atom stereocenters. The van der Waals surface area contributed by atoms with Crippen LogP contribution in [-0.2, 0) is 4.79 Å². The fourth-order valence-corrected chi connectivity index (χ4v) is 5.15. The van der Waals surface area contributed by atoms with Crippen molar-refractivity contribution >= 4 is 64.3 Å². The van der Waals surface area contributed by atoms with Crippen LogP contribution in [0.15, 0.2) is 77.7 Å². The van der Waals surface area contributed by atoms with Crippen molar-refractivity contribution in [2.24, 2.45) is 5.73 Å². The lowest BCUT2D eigenvalue weighted by Gasteiger charge is -2.18. The molecule has 2 amide bonds. The molecule has 2 N–H and O–H groups in total. The van der Waals surface area contributed by atoms with Gasteiger partial charge in [0.15, 0.2) is 4.32 Å². The second-order valence-electron chi connectivity index (χ2n) is 8.45. The highest BCUT2D eigenvalue weighted by Crippen LogP contribution is 2.36. The number of anilines is 1. The van der Waals surface area contributed by atoms with Gasteiger partial charge in [0.25, 0.3) is 5.91 Å². The molecule has 1 aliphatic rings. The number of rotatable bonds is 11. The summed E-state index contributed by atoms with van der Waals surface area (Å²) in [6, 6.07) is 21.4. The molecule has 1 heterocycles. The molecule has 3 aromatic carbocycles. The standard InChI is InChI=1S/C29H29N3O4S2.ClH/c1-3-31(4-2)16-17-35-23-14-10-22(11-15-23)32-28(34)26(38-29(32)37)18-20-8-12-24(13-9-20)36-25-7-5-6-21(19-25)27(30)33;/h5-15,18-19H,3-4,16-17H2,1-2H3,(H2,30,33);1H/b26-18-;. The van der Waals surface area contributed by atoms with Crippen LogP contribution >= 0.6 is 36.4 Å². The summed E-state index contributed by atoms with van der Waals surface area (Å²) in [6.45, 7) is 7.72. The first-order chi connectivity index (χ1) is 18.4. The smallest absolute Gasteiger partial charge is 0.270 e. The van der Waals surface area contributed by atoms with E-state index in [0.29, 0.717) is 38.6 Å². The summed E-state index contributed by atoms with van der Waals surface area (Å²) in [5, 5.41) is 0. The summed E-state index contributed by atoms with van der Waals surface area (Å²) in [5.74, 6) is 1.17. The predicted molar refractivity (Wildman–Crippen MR) is 164 cm³/mol. The van der Waals surface area contributed by atoms with Gasteiger partial charge in [-0.3, -0.25) is 14.5 Å². The first-order valence-corrected chi connectivity index (χ1v) is 13.5. The van der Waals surface area contributed by atoms with E-state index in [1.807, 2.05) is 42.5 Å². The molecule has 204 valence electrons. The average molecular weight is 584 g/mol. The average Bonchev–Trinajstić information content (AvgIpc) is 3.20. The fraction of sp³-hybridized carbons (Fsp3) is 0.207. The number of carbonyl (C=O) groups is 2. The minimum absolute atomic E-state index is 0. The zero-order valence-electron chi connectivity index (χ0n) is 21.7.